The quantitative estimate of drug-likeness (QED) is 0.0253. The topological polar surface area (TPSA) is 679 Å². The monoisotopic (exact) mass is 2100 g/mol. The van der Waals surface area contributed by atoms with Crippen LogP contribution in [0.4, 0.5) is 13.2 Å². The number of halogens is 3. The molecule has 0 bridgehead atoms. The number of carbonyl (C=O) groups is 19. The molecule has 18 amide bonds. The molecule has 15 atom stereocenters. The predicted molar refractivity (Wildman–Crippen MR) is 542 cm³/mol. The van der Waals surface area contributed by atoms with Crippen LogP contribution in [0.2, 0.25) is 0 Å². The van der Waals surface area contributed by atoms with Gasteiger partial charge in [0.25, 0.3) is 0 Å². The second-order valence-corrected chi connectivity index (χ2v) is 39.3. The zero-order valence-corrected chi connectivity index (χ0v) is 85.1. The molecule has 2 heterocycles. The van der Waals surface area contributed by atoms with Gasteiger partial charge in [-0.15, -0.1) is 11.8 Å². The summed E-state index contributed by atoms with van der Waals surface area (Å²) in [6.45, 7) is 7.65. The number of aliphatic carboxylic acids is 1. The van der Waals surface area contributed by atoms with E-state index in [1.165, 1.54) is 38.2 Å². The van der Waals surface area contributed by atoms with E-state index < -0.39 is 283 Å². The number of carboxylic acid groups (broad SMARTS) is 1. The fourth-order valence-corrected chi connectivity index (χ4v) is 18.1. The van der Waals surface area contributed by atoms with Crippen molar-refractivity contribution < 1.29 is 119 Å². The minimum absolute atomic E-state index is 0.00119. The van der Waals surface area contributed by atoms with Crippen molar-refractivity contribution in [2.75, 3.05) is 64.5 Å². The van der Waals surface area contributed by atoms with Gasteiger partial charge in [-0.05, 0) is 141 Å². The number of nitrogens with two attached hydrogens (primary N) is 5. The Bertz CT molecular complexity index is 5420. The highest BCUT2D eigenvalue weighted by Gasteiger charge is 2.43. The van der Waals surface area contributed by atoms with Crippen LogP contribution in [0.15, 0.2) is 133 Å². The number of phenolic OH excluding ortho intramolecular Hbond substituents is 1. The lowest BCUT2D eigenvalue weighted by Gasteiger charge is -2.32. The molecule has 2 aliphatic heterocycles. The molecule has 0 aromatic heterocycles. The van der Waals surface area contributed by atoms with Crippen molar-refractivity contribution in [3.63, 3.8) is 0 Å². The minimum atomic E-state index is -5.01. The summed E-state index contributed by atoms with van der Waals surface area (Å²) in [7, 11) is 1.18. The van der Waals surface area contributed by atoms with Crippen molar-refractivity contribution in [2.24, 2.45) is 46.4 Å². The molecule has 43 nitrogen and oxygen atoms in total. The summed E-state index contributed by atoms with van der Waals surface area (Å²) in [6.07, 6.45) is -7.78. The summed E-state index contributed by atoms with van der Waals surface area (Å²) in [5.74, 6) is -24.1. The van der Waals surface area contributed by atoms with Gasteiger partial charge < -0.3 is 123 Å². The number of likely N-dealkylation sites (N-methyl/N-ethyl adjacent to an activating group) is 1. The van der Waals surface area contributed by atoms with Gasteiger partial charge in [0, 0.05) is 64.5 Å². The molecule has 149 heavy (non-hydrogen) atoms. The number of carbonyl (C=O) groups excluding carboxylic acids is 18. The highest BCUT2D eigenvalue weighted by Crippen LogP contribution is 2.32. The average molecular weight is 2100 g/mol. The van der Waals surface area contributed by atoms with Crippen LogP contribution < -0.4 is 103 Å². The number of benzene rings is 5. The highest BCUT2D eigenvalue weighted by molar-refractivity contribution is 8.00. The van der Waals surface area contributed by atoms with E-state index in [-0.39, 0.29) is 113 Å². The molecule has 26 N–H and O–H groups in total. The molecule has 0 radical (unpaired) electrons. The summed E-state index contributed by atoms with van der Waals surface area (Å²) < 4.78 is 49.6. The minimum Gasteiger partial charge on any atom is -0.508 e. The Morgan fingerprint density at radius 2 is 0.953 bits per heavy atom. The van der Waals surface area contributed by atoms with Crippen molar-refractivity contribution in [1.82, 2.24) is 84.2 Å². The van der Waals surface area contributed by atoms with Gasteiger partial charge in [0.1, 0.15) is 96.4 Å². The summed E-state index contributed by atoms with van der Waals surface area (Å²) in [4.78, 5) is 280. The number of nitrogens with zero attached hydrogens (tertiary/aromatic N) is 2. The van der Waals surface area contributed by atoms with E-state index >= 15 is 38.4 Å². The van der Waals surface area contributed by atoms with Crippen LogP contribution in [-0.2, 0) is 128 Å². The lowest BCUT2D eigenvalue weighted by atomic mass is 9.84. The number of aromatic hydroxyl groups is 1. The van der Waals surface area contributed by atoms with Crippen molar-refractivity contribution >= 4 is 124 Å². The Balaban J connectivity index is 1.25. The number of morpholine rings is 1. The second-order valence-electron chi connectivity index (χ2n) is 38.2. The van der Waals surface area contributed by atoms with E-state index in [1.54, 1.807) is 105 Å². The maximum atomic E-state index is 15.7. The summed E-state index contributed by atoms with van der Waals surface area (Å²) in [6, 6.07) is 6.85. The van der Waals surface area contributed by atoms with Gasteiger partial charge in [-0.25, -0.2) is 0 Å². The Morgan fingerprint density at radius 3 is 1.50 bits per heavy atom. The number of phenols is 1. The molecular weight excluding hydrogens is 1960 g/mol. The molecular formula is C102H140F3N21O22S. The summed E-state index contributed by atoms with van der Waals surface area (Å²) in [5, 5.41) is 57.1. The Hall–Kier alpha value is -14.2. The highest BCUT2D eigenvalue weighted by atomic mass is 32.2. The molecule has 2 saturated heterocycles. The van der Waals surface area contributed by atoms with E-state index in [1.807, 2.05) is 12.1 Å². The summed E-state index contributed by atoms with van der Waals surface area (Å²) in [5.41, 5.74) is 30.1. The largest absolute Gasteiger partial charge is 0.508 e. The van der Waals surface area contributed by atoms with Crippen LogP contribution in [-0.4, -0.2) is 287 Å². The van der Waals surface area contributed by atoms with Gasteiger partial charge in [0.15, 0.2) is 0 Å². The van der Waals surface area contributed by atoms with Gasteiger partial charge in [-0.2, -0.15) is 13.2 Å². The molecule has 1 saturated carbocycles. The van der Waals surface area contributed by atoms with Gasteiger partial charge >= 0.3 is 12.1 Å². The number of amides is 18. The standard InChI is InChI=1S/C102H140F3N21O22S/c1-57(2)47-74-92(138)114-72(40-42-107)91(137)119-77(49-61-19-12-8-13-20-61)97(143)124-86(58(3)4)100(146)115-71(35-37-82(108)128)90(136)123-81(99(145)112-69(39-41-106)87(110)133)55-149-56-84(130)111-80(54-126-43-45-148-46-44-126)98(144)121-76(51-63-27-32-68(127)33-28-63)95(141)122-79(53-85(131)132)96(142)120-78(52-64-21-16-24-67(48-64)102(103,104)105)93(139)113-70(34-29-60-17-10-7-11-18-60)89(135)118-75(50-62-25-30-66(31-26-62)65-22-14-9-15-23-65)94(140)116-73(36-38-83(109)129)101(147)125(6)59(5)88(134)117-74/h7,9-11,14-18,21-28,30-33,48,57-59,61,69-81,86,127H,8,12-13,19-20,29,34-47,49-56,106-107H2,1-6H3,(H2,108,128)(H2,109,129)(H2,110,133)(H,111,130)(H,112,145)(H,113,139)(H,114,138)(H,115,146)(H,116,140)(H,117,134)(H,118,135)(H,119,137)(H,120,142)(H,121,144)(H,122,141)(H,123,136)(H,124,143)(H,131,132)/t59-,69-,70-,71-,72-,73?,74+,75?,76-,77?,78-,79-,80?,81-,86?/m0/s1. The molecule has 3 aliphatic rings. The number of alkyl halides is 3. The molecule has 5 unspecified atom stereocenters. The van der Waals surface area contributed by atoms with Crippen molar-refractivity contribution in [3.8, 4) is 16.9 Å². The number of aryl methyl sites for hydroxylation is 1. The van der Waals surface area contributed by atoms with Crippen LogP contribution in [0, 0.1) is 17.8 Å². The first kappa shape index (κ1) is 120. The number of rotatable bonds is 32. The Kier molecular flexibility index (Phi) is 48.1. The van der Waals surface area contributed by atoms with Crippen LogP contribution in [0.3, 0.4) is 0 Å². The second kappa shape index (κ2) is 59.7. The average Bonchev–Trinajstić information content (AvgIpc) is 0.819. The third-order valence-corrected chi connectivity index (χ3v) is 26.7. The first-order valence-corrected chi connectivity index (χ1v) is 50.9. The lowest BCUT2D eigenvalue weighted by molar-refractivity contribution is -0.143. The third kappa shape index (κ3) is 40.1. The molecule has 3 fully saturated rings. The van der Waals surface area contributed by atoms with Crippen LogP contribution >= 0.6 is 11.8 Å². The van der Waals surface area contributed by atoms with E-state index in [0.29, 0.717) is 53.4 Å². The molecule has 0 spiro atoms. The van der Waals surface area contributed by atoms with Crippen molar-refractivity contribution in [2.45, 2.75) is 253 Å². The zero-order valence-electron chi connectivity index (χ0n) is 84.3. The molecule has 47 heteroatoms. The van der Waals surface area contributed by atoms with Crippen LogP contribution in [0.5, 0.6) is 5.75 Å². The third-order valence-electron chi connectivity index (χ3n) is 25.7. The maximum absolute atomic E-state index is 15.7. The molecule has 5 aromatic rings. The number of carboxylic acids is 1. The van der Waals surface area contributed by atoms with Gasteiger partial charge in [-0.1, -0.05) is 175 Å². The molecule has 1 aliphatic carbocycles. The summed E-state index contributed by atoms with van der Waals surface area (Å²) >= 11 is 0.669. The number of nitrogens with one attached hydrogen (secondary N) is 14. The zero-order chi connectivity index (χ0) is 109. The number of hydrogen-bond donors (Lipinski definition) is 21. The van der Waals surface area contributed by atoms with Crippen molar-refractivity contribution in [1.29, 1.82) is 0 Å². The van der Waals surface area contributed by atoms with Crippen LogP contribution in [0.25, 0.3) is 11.1 Å². The van der Waals surface area contributed by atoms with Gasteiger partial charge in [0.05, 0.1) is 31.0 Å². The SMILES string of the molecule is CC(C)C[C@H]1NC(=O)[C@H](C)N(C)C(=O)C(CCC(N)=O)NC(=O)C(Cc2ccc(-c3ccccc3)cc2)NC(=O)[C@H](CCc2ccccc2)NC(=O)[C@H](Cc2cccc(C(F)(F)F)c2)NC(=O)[C@H](CC(=O)O)NC(=O)[C@H](Cc2ccc(O)cc2)NC(=O)C(CN2CCOCC2)NC(=O)CSC[C@@H](C(=O)N[C@@H](CCN)C(N)=O)NC(=O)[C@H](CCC(N)=O)NC(=O)C(C(C)C)NC(=O)C(CC2CCCCC2)NC(=O)[C@H](CCN)NC1=O. The van der Waals surface area contributed by atoms with E-state index in [0.717, 1.165) is 41.9 Å². The fraction of sp³-hybridized carbons (Fsp3) is 0.520. The first-order chi connectivity index (χ1) is 70.8. The molecule has 8 rings (SSSR count). The normalized spacial score (nSPS) is 23.8. The molecule has 5 aromatic carbocycles. The van der Waals surface area contributed by atoms with Crippen molar-refractivity contribution in [3.05, 3.63) is 161 Å². The van der Waals surface area contributed by atoms with Gasteiger partial charge in [0.2, 0.25) is 106 Å². The number of thioether (sulfide) groups is 1. The predicted octanol–water partition coefficient (Wildman–Crippen LogP) is -0.687. The number of hydrogen-bond acceptors (Lipinski definition) is 25. The number of ether oxygens (including phenoxy) is 1. The van der Waals surface area contributed by atoms with E-state index in [4.69, 9.17) is 33.4 Å². The Morgan fingerprint density at radius 1 is 0.490 bits per heavy atom. The van der Waals surface area contributed by atoms with E-state index in [9.17, 15) is 76.1 Å². The maximum Gasteiger partial charge on any atom is 0.416 e. The Labute approximate surface area is 865 Å². The first-order valence-electron chi connectivity index (χ1n) is 49.8. The molecule has 812 valence electrons. The van der Waals surface area contributed by atoms with Crippen LogP contribution in [0.1, 0.15) is 159 Å². The lowest BCUT2D eigenvalue weighted by Crippen LogP contribution is -2.62. The van der Waals surface area contributed by atoms with Gasteiger partial charge in [-0.3, -0.25) is 96.0 Å². The smallest absolute Gasteiger partial charge is 0.416 e. The fourth-order valence-electron chi connectivity index (χ4n) is 17.2. The number of primary amides is 3. The van der Waals surface area contributed by atoms with E-state index in [2.05, 4.69) is 74.4 Å².